The zero-order chi connectivity index (χ0) is 17.6. The Morgan fingerprint density at radius 1 is 1.31 bits per heavy atom. The molecule has 26 heavy (non-hydrogen) atoms. The number of halogens is 2. The number of nitrogens with zero attached hydrogens (tertiary/aromatic N) is 1. The fourth-order valence-electron chi connectivity index (χ4n) is 4.11. The number of thioether (sulfide) groups is 1. The maximum Gasteiger partial charge on any atom is 0.238 e. The molecular formula is C18H23Cl2N3O2S. The van der Waals surface area contributed by atoms with E-state index in [-0.39, 0.29) is 41.9 Å². The number of carbonyl (C=O) groups is 2. The normalized spacial score (nSPS) is 29.4. The van der Waals surface area contributed by atoms with Crippen LogP contribution in [0.5, 0.6) is 0 Å². The number of rotatable bonds is 3. The van der Waals surface area contributed by atoms with Crippen molar-refractivity contribution in [3.05, 3.63) is 23.2 Å². The van der Waals surface area contributed by atoms with Gasteiger partial charge in [-0.1, -0.05) is 11.6 Å². The zero-order valence-corrected chi connectivity index (χ0v) is 16.9. The summed E-state index contributed by atoms with van der Waals surface area (Å²) < 4.78 is 0. The maximum absolute atomic E-state index is 12.7. The molecule has 1 aromatic carbocycles. The van der Waals surface area contributed by atoms with E-state index in [4.69, 9.17) is 11.6 Å². The number of anilines is 1. The number of benzene rings is 1. The highest BCUT2D eigenvalue weighted by molar-refractivity contribution is 8.01. The Kier molecular flexibility index (Phi) is 6.07. The Labute approximate surface area is 169 Å². The van der Waals surface area contributed by atoms with Crippen molar-refractivity contribution in [1.82, 2.24) is 10.2 Å². The van der Waals surface area contributed by atoms with Crippen LogP contribution in [0.1, 0.15) is 32.1 Å². The van der Waals surface area contributed by atoms with Gasteiger partial charge >= 0.3 is 0 Å². The Morgan fingerprint density at radius 3 is 2.69 bits per heavy atom. The van der Waals surface area contributed by atoms with Gasteiger partial charge in [-0.3, -0.25) is 9.59 Å². The summed E-state index contributed by atoms with van der Waals surface area (Å²) in [5.41, 5.74) is 0.731. The minimum atomic E-state index is -0.387. The minimum absolute atomic E-state index is 0. The molecule has 3 heterocycles. The highest BCUT2D eigenvalue weighted by Gasteiger charge is 2.37. The van der Waals surface area contributed by atoms with Crippen molar-refractivity contribution in [1.29, 1.82) is 0 Å². The van der Waals surface area contributed by atoms with E-state index in [1.807, 2.05) is 18.0 Å². The van der Waals surface area contributed by atoms with Gasteiger partial charge in [-0.15, -0.1) is 24.2 Å². The Bertz CT molecular complexity index is 706. The highest BCUT2D eigenvalue weighted by Crippen LogP contribution is 2.38. The first-order valence-corrected chi connectivity index (χ1v) is 10.0. The van der Waals surface area contributed by atoms with E-state index in [1.165, 1.54) is 24.6 Å². The van der Waals surface area contributed by atoms with E-state index < -0.39 is 0 Å². The number of amides is 2. The average molecular weight is 416 g/mol. The second kappa shape index (κ2) is 7.97. The summed E-state index contributed by atoms with van der Waals surface area (Å²) in [5.74, 6) is -0.0664. The van der Waals surface area contributed by atoms with Crippen LogP contribution in [-0.4, -0.2) is 47.1 Å². The van der Waals surface area contributed by atoms with E-state index in [1.54, 1.807) is 12.1 Å². The molecule has 0 spiro atoms. The molecule has 3 atom stereocenters. The number of hydrogen-bond acceptors (Lipinski definition) is 4. The third-order valence-electron chi connectivity index (χ3n) is 5.51. The van der Waals surface area contributed by atoms with Crippen LogP contribution in [0.4, 0.5) is 5.69 Å². The van der Waals surface area contributed by atoms with E-state index in [0.717, 1.165) is 23.4 Å². The summed E-state index contributed by atoms with van der Waals surface area (Å²) in [6, 6.07) is 6.82. The quantitative estimate of drug-likeness (QED) is 0.794. The molecule has 2 amide bonds. The summed E-state index contributed by atoms with van der Waals surface area (Å²) in [7, 11) is 1.89. The van der Waals surface area contributed by atoms with Gasteiger partial charge in [0.15, 0.2) is 0 Å². The third kappa shape index (κ3) is 3.98. The largest absolute Gasteiger partial charge is 0.343 e. The van der Waals surface area contributed by atoms with E-state index in [9.17, 15) is 9.59 Å². The summed E-state index contributed by atoms with van der Waals surface area (Å²) in [4.78, 5) is 27.9. The lowest BCUT2D eigenvalue weighted by Gasteiger charge is -2.36. The number of hydrogen-bond donors (Lipinski definition) is 2. The summed E-state index contributed by atoms with van der Waals surface area (Å²) >= 11 is 7.42. The Hall–Kier alpha value is -0.950. The van der Waals surface area contributed by atoms with Crippen LogP contribution in [-0.2, 0) is 9.59 Å². The number of piperidine rings is 1. The fourth-order valence-corrected chi connectivity index (χ4v) is 5.36. The van der Waals surface area contributed by atoms with Gasteiger partial charge in [0.1, 0.15) is 0 Å². The molecule has 0 aromatic heterocycles. The van der Waals surface area contributed by atoms with Gasteiger partial charge in [-0.05, 0) is 43.9 Å². The molecular weight excluding hydrogens is 393 g/mol. The van der Waals surface area contributed by atoms with Crippen molar-refractivity contribution in [2.24, 2.45) is 0 Å². The molecule has 0 aliphatic carbocycles. The lowest BCUT2D eigenvalue weighted by atomic mass is 9.98. The molecule has 2 N–H and O–H groups in total. The topological polar surface area (TPSA) is 61.4 Å². The van der Waals surface area contributed by atoms with Crippen LogP contribution >= 0.6 is 35.8 Å². The van der Waals surface area contributed by atoms with Crippen LogP contribution in [0.15, 0.2) is 23.1 Å². The zero-order valence-electron chi connectivity index (χ0n) is 14.5. The van der Waals surface area contributed by atoms with Gasteiger partial charge < -0.3 is 15.5 Å². The van der Waals surface area contributed by atoms with Gasteiger partial charge in [0.25, 0.3) is 0 Å². The van der Waals surface area contributed by atoms with Crippen molar-refractivity contribution in [2.45, 2.75) is 60.4 Å². The van der Waals surface area contributed by atoms with Gasteiger partial charge in [0, 0.05) is 41.5 Å². The van der Waals surface area contributed by atoms with Crippen LogP contribution in [0.3, 0.4) is 0 Å². The molecule has 2 saturated heterocycles. The van der Waals surface area contributed by atoms with Crippen molar-refractivity contribution < 1.29 is 9.59 Å². The van der Waals surface area contributed by atoms with Gasteiger partial charge in [0.2, 0.25) is 11.8 Å². The maximum atomic E-state index is 12.7. The second-order valence-electron chi connectivity index (χ2n) is 7.21. The van der Waals surface area contributed by atoms with Gasteiger partial charge in [-0.25, -0.2) is 0 Å². The summed E-state index contributed by atoms with van der Waals surface area (Å²) in [5, 5.41) is 6.68. The monoisotopic (exact) mass is 415 g/mol. The van der Waals surface area contributed by atoms with E-state index in [2.05, 4.69) is 10.6 Å². The van der Waals surface area contributed by atoms with Crippen molar-refractivity contribution >= 4 is 53.3 Å². The van der Waals surface area contributed by atoms with Crippen LogP contribution in [0.25, 0.3) is 0 Å². The predicted octanol–water partition coefficient (Wildman–Crippen LogP) is 3.31. The molecule has 3 unspecified atom stereocenters. The van der Waals surface area contributed by atoms with Crippen molar-refractivity contribution in [3.8, 4) is 0 Å². The van der Waals surface area contributed by atoms with E-state index >= 15 is 0 Å². The average Bonchev–Trinajstić information content (AvgIpc) is 2.93. The smallest absolute Gasteiger partial charge is 0.238 e. The Balaban J connectivity index is 0.00000196. The van der Waals surface area contributed by atoms with Gasteiger partial charge in [0.05, 0.1) is 10.9 Å². The first-order chi connectivity index (χ1) is 12.0. The molecule has 4 rings (SSSR count). The second-order valence-corrected chi connectivity index (χ2v) is 8.89. The van der Waals surface area contributed by atoms with Crippen LogP contribution in [0.2, 0.25) is 5.02 Å². The third-order valence-corrected chi connectivity index (χ3v) is 7.02. The number of fused-ring (bicyclic) bond motifs is 3. The molecule has 2 bridgehead atoms. The highest BCUT2D eigenvalue weighted by atomic mass is 35.5. The summed E-state index contributed by atoms with van der Waals surface area (Å²) in [6.07, 6.45) is 4.69. The molecule has 0 saturated carbocycles. The lowest BCUT2D eigenvalue weighted by molar-refractivity contribution is -0.134. The number of carbonyl (C=O) groups excluding carboxylic acids is 2. The molecule has 3 aliphatic rings. The van der Waals surface area contributed by atoms with Crippen LogP contribution in [0, 0.1) is 0 Å². The van der Waals surface area contributed by atoms with Crippen molar-refractivity contribution in [3.63, 3.8) is 0 Å². The van der Waals surface area contributed by atoms with Crippen molar-refractivity contribution in [2.75, 3.05) is 12.4 Å². The fraction of sp³-hybridized carbons (Fsp3) is 0.556. The Morgan fingerprint density at radius 2 is 2.00 bits per heavy atom. The first-order valence-electron chi connectivity index (χ1n) is 8.78. The molecule has 3 aliphatic heterocycles. The lowest BCUT2D eigenvalue weighted by Crippen LogP contribution is -2.49. The molecule has 0 radical (unpaired) electrons. The predicted molar refractivity (Wildman–Crippen MR) is 107 cm³/mol. The minimum Gasteiger partial charge on any atom is -0.343 e. The SMILES string of the molecule is CN(C(=O)CC1Sc2ccc(Cl)cc2NC1=O)C1CC2CCC(C1)N2.Cl. The van der Waals surface area contributed by atoms with Gasteiger partial charge in [-0.2, -0.15) is 0 Å². The molecule has 142 valence electrons. The molecule has 8 heteroatoms. The number of nitrogens with one attached hydrogen (secondary N) is 2. The summed E-state index contributed by atoms with van der Waals surface area (Å²) in [6.45, 7) is 0. The first kappa shape index (κ1) is 19.8. The van der Waals surface area contributed by atoms with E-state index in [0.29, 0.717) is 17.1 Å². The molecule has 1 aromatic rings. The molecule has 5 nitrogen and oxygen atoms in total. The molecule has 2 fully saturated rings. The van der Waals surface area contributed by atoms with Crippen LogP contribution < -0.4 is 10.6 Å². The standard InChI is InChI=1S/C18H22ClN3O2S.ClH/c1-22(13-7-11-3-4-12(8-13)20-11)17(23)9-16-18(24)21-14-6-10(19)2-5-15(14)25-16;/h2,5-6,11-13,16,20H,3-4,7-9H2,1H3,(H,21,24);1H.